The third-order valence-corrected chi connectivity index (χ3v) is 2.93. The Morgan fingerprint density at radius 2 is 1.88 bits per heavy atom. The summed E-state index contributed by atoms with van der Waals surface area (Å²) in [6.07, 6.45) is 0. The number of nitrogens with two attached hydrogens (primary N) is 2. The van der Waals surface area contributed by atoms with Crippen molar-refractivity contribution in [2.24, 2.45) is 10.9 Å². The van der Waals surface area contributed by atoms with Crippen LogP contribution in [0.3, 0.4) is 0 Å². The van der Waals surface area contributed by atoms with Crippen molar-refractivity contribution in [1.29, 1.82) is 0 Å². The van der Waals surface area contributed by atoms with Gasteiger partial charge in [-0.25, -0.2) is 5.14 Å². The molecule has 0 rings (SSSR count). The molecule has 0 heterocycles. The molecule has 0 unspecified atom stereocenters. The van der Waals surface area contributed by atoms with Crippen LogP contribution in [-0.2, 0) is 15.0 Å². The van der Waals surface area contributed by atoms with Crippen LogP contribution in [0, 0.1) is 0 Å². The standard InChI is InChI=1S/C7H18N4O4S/c1-10(2)3-4-11(16(9,14)15)5-6(8)7(12)13/h6H,3-5,8H2,1-2H3,(H,12,13)(H2,9,14,15)/t6-/m0/s1. The first kappa shape index (κ1) is 15.3. The van der Waals surface area contributed by atoms with E-state index in [4.69, 9.17) is 16.0 Å². The van der Waals surface area contributed by atoms with Crippen molar-refractivity contribution in [3.63, 3.8) is 0 Å². The lowest BCUT2D eigenvalue weighted by molar-refractivity contribution is -0.138. The highest BCUT2D eigenvalue weighted by atomic mass is 32.2. The first-order chi connectivity index (χ1) is 7.14. The van der Waals surface area contributed by atoms with Gasteiger partial charge in [-0.15, -0.1) is 0 Å². The number of rotatable bonds is 7. The molecule has 16 heavy (non-hydrogen) atoms. The number of hydrogen-bond acceptors (Lipinski definition) is 5. The second-order valence-corrected chi connectivity index (χ2v) is 5.20. The topological polar surface area (TPSA) is 130 Å². The van der Waals surface area contributed by atoms with Crippen LogP contribution in [0.5, 0.6) is 0 Å². The van der Waals surface area contributed by atoms with Crippen molar-refractivity contribution >= 4 is 16.2 Å². The lowest BCUT2D eigenvalue weighted by Crippen LogP contribution is -2.49. The van der Waals surface area contributed by atoms with Crippen LogP contribution in [0.1, 0.15) is 0 Å². The fourth-order valence-corrected chi connectivity index (χ4v) is 1.64. The van der Waals surface area contributed by atoms with Crippen molar-refractivity contribution in [3.05, 3.63) is 0 Å². The summed E-state index contributed by atoms with van der Waals surface area (Å²) in [5, 5.41) is 13.5. The van der Waals surface area contributed by atoms with Gasteiger partial charge in [-0.2, -0.15) is 12.7 Å². The Balaban J connectivity index is 4.52. The average Bonchev–Trinajstić information content (AvgIpc) is 2.09. The minimum absolute atomic E-state index is 0.104. The number of carboxylic acid groups (broad SMARTS) is 1. The van der Waals surface area contributed by atoms with Crippen LogP contribution in [0.25, 0.3) is 0 Å². The molecule has 1 atom stereocenters. The number of aliphatic carboxylic acids is 1. The van der Waals surface area contributed by atoms with E-state index in [0.717, 1.165) is 4.31 Å². The Kier molecular flexibility index (Phi) is 5.83. The van der Waals surface area contributed by atoms with E-state index >= 15 is 0 Å². The molecular formula is C7H18N4O4S. The summed E-state index contributed by atoms with van der Waals surface area (Å²) >= 11 is 0. The van der Waals surface area contributed by atoms with Gasteiger partial charge in [0.2, 0.25) is 0 Å². The number of carbonyl (C=O) groups is 1. The van der Waals surface area contributed by atoms with Crippen molar-refractivity contribution in [2.45, 2.75) is 6.04 Å². The molecule has 5 N–H and O–H groups in total. The van der Waals surface area contributed by atoms with E-state index in [-0.39, 0.29) is 13.1 Å². The maximum Gasteiger partial charge on any atom is 0.321 e. The third kappa shape index (κ3) is 5.98. The second kappa shape index (κ2) is 6.11. The average molecular weight is 254 g/mol. The molecule has 0 saturated carbocycles. The van der Waals surface area contributed by atoms with Gasteiger partial charge in [0, 0.05) is 19.6 Å². The zero-order valence-corrected chi connectivity index (χ0v) is 10.1. The van der Waals surface area contributed by atoms with Gasteiger partial charge in [0.15, 0.2) is 0 Å². The smallest absolute Gasteiger partial charge is 0.321 e. The number of nitrogens with zero attached hydrogens (tertiary/aromatic N) is 2. The van der Waals surface area contributed by atoms with Crippen molar-refractivity contribution in [1.82, 2.24) is 9.21 Å². The molecule has 0 radical (unpaired) electrons. The number of hydrogen-bond donors (Lipinski definition) is 3. The van der Waals surface area contributed by atoms with Gasteiger partial charge >= 0.3 is 5.97 Å². The molecule has 9 heteroatoms. The van der Waals surface area contributed by atoms with E-state index in [0.29, 0.717) is 6.54 Å². The van der Waals surface area contributed by atoms with E-state index < -0.39 is 22.2 Å². The fraction of sp³-hybridized carbons (Fsp3) is 0.857. The lowest BCUT2D eigenvalue weighted by atomic mass is 10.3. The van der Waals surface area contributed by atoms with Gasteiger partial charge in [0.25, 0.3) is 10.2 Å². The minimum atomic E-state index is -3.93. The molecule has 0 aliphatic carbocycles. The Bertz CT molecular complexity index is 329. The molecule has 0 aliphatic heterocycles. The van der Waals surface area contributed by atoms with E-state index in [1.54, 1.807) is 19.0 Å². The second-order valence-electron chi connectivity index (χ2n) is 3.65. The van der Waals surface area contributed by atoms with Crippen LogP contribution in [0.2, 0.25) is 0 Å². The molecule has 0 saturated heterocycles. The van der Waals surface area contributed by atoms with E-state index in [9.17, 15) is 13.2 Å². The summed E-state index contributed by atoms with van der Waals surface area (Å²) in [7, 11) is -0.401. The van der Waals surface area contributed by atoms with Crippen molar-refractivity contribution in [3.8, 4) is 0 Å². The van der Waals surface area contributed by atoms with E-state index in [1.807, 2.05) is 0 Å². The molecule has 8 nitrogen and oxygen atoms in total. The van der Waals surface area contributed by atoms with Crippen LogP contribution in [0.4, 0.5) is 0 Å². The Morgan fingerprint density at radius 1 is 1.38 bits per heavy atom. The largest absolute Gasteiger partial charge is 0.480 e. The summed E-state index contributed by atoms with van der Waals surface area (Å²) < 4.78 is 23.1. The van der Waals surface area contributed by atoms with Gasteiger partial charge in [-0.1, -0.05) is 0 Å². The summed E-state index contributed by atoms with van der Waals surface area (Å²) in [5.74, 6) is -1.27. The maximum absolute atomic E-state index is 11.1. The minimum Gasteiger partial charge on any atom is -0.480 e. The Labute approximate surface area is 95.0 Å². The highest BCUT2D eigenvalue weighted by molar-refractivity contribution is 7.86. The summed E-state index contributed by atoms with van der Waals surface area (Å²) in [5.41, 5.74) is 5.25. The van der Waals surface area contributed by atoms with Gasteiger partial charge in [-0.3, -0.25) is 4.79 Å². The quantitative estimate of drug-likeness (QED) is 0.459. The molecule has 0 fully saturated rings. The summed E-state index contributed by atoms with van der Waals surface area (Å²) in [4.78, 5) is 12.3. The molecule has 0 aliphatic rings. The van der Waals surface area contributed by atoms with Gasteiger partial charge in [0.05, 0.1) is 0 Å². The molecule has 0 spiro atoms. The van der Waals surface area contributed by atoms with E-state index in [2.05, 4.69) is 0 Å². The molecule has 0 amide bonds. The first-order valence-electron chi connectivity index (χ1n) is 4.55. The SMILES string of the molecule is CN(C)CCN(C[C@H](N)C(=O)O)S(N)(=O)=O. The normalized spacial score (nSPS) is 14.4. The molecular weight excluding hydrogens is 236 g/mol. The molecule has 0 bridgehead atoms. The molecule has 0 aromatic carbocycles. The summed E-state index contributed by atoms with van der Waals surface area (Å²) in [6.45, 7) is 0.206. The van der Waals surface area contributed by atoms with Crippen molar-refractivity contribution in [2.75, 3.05) is 33.7 Å². The molecule has 0 aromatic rings. The van der Waals surface area contributed by atoms with Gasteiger partial charge in [0.1, 0.15) is 6.04 Å². The monoisotopic (exact) mass is 254 g/mol. The third-order valence-electron chi connectivity index (χ3n) is 1.87. The van der Waals surface area contributed by atoms with Crippen LogP contribution >= 0.6 is 0 Å². The van der Waals surface area contributed by atoms with Gasteiger partial charge < -0.3 is 15.7 Å². The predicted octanol–water partition coefficient (Wildman–Crippen LogP) is -2.53. The number of carboxylic acids is 1. The Hall–Kier alpha value is -0.740. The highest BCUT2D eigenvalue weighted by Crippen LogP contribution is 1.97. The predicted molar refractivity (Wildman–Crippen MR) is 58.8 cm³/mol. The van der Waals surface area contributed by atoms with E-state index in [1.165, 1.54) is 0 Å². The van der Waals surface area contributed by atoms with Crippen LogP contribution < -0.4 is 10.9 Å². The maximum atomic E-state index is 11.1. The zero-order chi connectivity index (χ0) is 12.9. The lowest BCUT2D eigenvalue weighted by Gasteiger charge is -2.22. The zero-order valence-electron chi connectivity index (χ0n) is 9.33. The molecule has 96 valence electrons. The molecule has 0 aromatic heterocycles. The van der Waals surface area contributed by atoms with Gasteiger partial charge in [-0.05, 0) is 14.1 Å². The summed E-state index contributed by atoms with van der Waals surface area (Å²) in [6, 6.07) is -1.28. The first-order valence-corrected chi connectivity index (χ1v) is 6.06. The number of likely N-dealkylation sites (N-methyl/N-ethyl adjacent to an activating group) is 1. The Morgan fingerprint density at radius 3 is 2.19 bits per heavy atom. The van der Waals surface area contributed by atoms with Crippen LogP contribution in [-0.4, -0.2) is 68.5 Å². The fourth-order valence-electron chi connectivity index (χ4n) is 0.931. The highest BCUT2D eigenvalue weighted by Gasteiger charge is 2.23. The van der Waals surface area contributed by atoms with Crippen molar-refractivity contribution < 1.29 is 18.3 Å². The van der Waals surface area contributed by atoms with Crippen LogP contribution in [0.15, 0.2) is 0 Å².